The molecule has 0 bridgehead atoms. The fraction of sp³-hybridized carbons (Fsp3) is 0.400. The van der Waals surface area contributed by atoms with Crippen molar-refractivity contribution in [2.75, 3.05) is 0 Å². The van der Waals surface area contributed by atoms with Gasteiger partial charge < -0.3 is 5.32 Å². The first-order chi connectivity index (χ1) is 11.3. The third-order valence-corrected chi connectivity index (χ3v) is 3.91. The molecular weight excluding hydrogens is 321 g/mol. The maximum Gasteiger partial charge on any atom is 0.419 e. The average Bonchev–Trinajstić information content (AvgIpc) is 3.00. The number of alkyl halides is 3. The molecule has 0 unspecified atom stereocenters. The summed E-state index contributed by atoms with van der Waals surface area (Å²) < 4.78 is 41.7. The van der Waals surface area contributed by atoms with E-state index in [-0.39, 0.29) is 12.2 Å². The van der Waals surface area contributed by atoms with E-state index in [9.17, 15) is 13.2 Å². The Labute approximate surface area is 136 Å². The van der Waals surface area contributed by atoms with Crippen LogP contribution >= 0.6 is 0 Å². The van der Waals surface area contributed by atoms with Crippen molar-refractivity contribution < 1.29 is 13.2 Å². The van der Waals surface area contributed by atoms with Crippen LogP contribution in [0.15, 0.2) is 18.5 Å². The van der Waals surface area contributed by atoms with E-state index >= 15 is 0 Å². The zero-order valence-electron chi connectivity index (χ0n) is 13.5. The summed E-state index contributed by atoms with van der Waals surface area (Å²) in [6.45, 7) is 2.36. The number of aromatic nitrogens is 5. The molecule has 0 aromatic carbocycles. The van der Waals surface area contributed by atoms with E-state index in [1.165, 1.54) is 11.7 Å². The molecule has 0 amide bonds. The molecule has 0 radical (unpaired) electrons. The van der Waals surface area contributed by atoms with Crippen LogP contribution in [-0.2, 0) is 33.4 Å². The van der Waals surface area contributed by atoms with Gasteiger partial charge in [-0.05, 0) is 18.6 Å². The van der Waals surface area contributed by atoms with Crippen molar-refractivity contribution in [3.05, 3.63) is 41.0 Å². The lowest BCUT2D eigenvalue weighted by molar-refractivity contribution is -0.138. The molecular formula is C15H17F3N6. The maximum atomic E-state index is 12.9. The fourth-order valence-corrected chi connectivity index (χ4v) is 2.68. The molecule has 0 saturated heterocycles. The second-order valence-corrected chi connectivity index (χ2v) is 5.65. The summed E-state index contributed by atoms with van der Waals surface area (Å²) in [5, 5.41) is 12.0. The molecule has 128 valence electrons. The van der Waals surface area contributed by atoms with E-state index in [4.69, 9.17) is 0 Å². The Bertz CT molecular complexity index is 877. The Kier molecular flexibility index (Phi) is 4.04. The molecule has 3 rings (SSSR count). The van der Waals surface area contributed by atoms with Crippen LogP contribution in [0, 0.1) is 6.92 Å². The lowest BCUT2D eigenvalue weighted by Crippen LogP contribution is -2.19. The number of nitrogens with one attached hydrogen (secondary N) is 1. The molecule has 0 spiro atoms. The summed E-state index contributed by atoms with van der Waals surface area (Å²) in [4.78, 5) is 4.35. The second-order valence-electron chi connectivity index (χ2n) is 5.65. The van der Waals surface area contributed by atoms with Crippen molar-refractivity contribution in [3.63, 3.8) is 0 Å². The number of rotatable bonds is 4. The minimum absolute atomic E-state index is 0.0649. The van der Waals surface area contributed by atoms with Crippen molar-refractivity contribution >= 4 is 11.0 Å². The van der Waals surface area contributed by atoms with Crippen molar-refractivity contribution in [2.24, 2.45) is 14.1 Å². The van der Waals surface area contributed by atoms with Gasteiger partial charge in [-0.3, -0.25) is 9.36 Å². The first-order valence-electron chi connectivity index (χ1n) is 7.34. The van der Waals surface area contributed by atoms with Gasteiger partial charge in [0.05, 0.1) is 23.1 Å². The summed E-state index contributed by atoms with van der Waals surface area (Å²) in [5.74, 6) is 0. The zero-order chi connectivity index (χ0) is 17.5. The number of fused-ring (bicyclic) bond motifs is 1. The number of hydrogen-bond acceptors (Lipinski definition) is 4. The highest BCUT2D eigenvalue weighted by atomic mass is 19.4. The van der Waals surface area contributed by atoms with Gasteiger partial charge in [0, 0.05) is 38.8 Å². The second kappa shape index (κ2) is 5.90. The third-order valence-electron chi connectivity index (χ3n) is 3.91. The molecule has 0 aliphatic heterocycles. The monoisotopic (exact) mass is 338 g/mol. The van der Waals surface area contributed by atoms with E-state index < -0.39 is 11.7 Å². The topological polar surface area (TPSA) is 60.6 Å². The highest BCUT2D eigenvalue weighted by Gasteiger charge is 2.35. The first-order valence-corrected chi connectivity index (χ1v) is 7.34. The standard InChI is InChI=1S/C15H17F3N6/c1-9-11-4-10(6-20-14(11)24(3)22-9)5-19-8-13-12(15(16,17)18)7-21-23(13)2/h4,6-7,19H,5,8H2,1-3H3. The Balaban J connectivity index is 1.73. The summed E-state index contributed by atoms with van der Waals surface area (Å²) in [5.41, 5.74) is 1.92. The van der Waals surface area contributed by atoms with Crippen LogP contribution in [0.3, 0.4) is 0 Å². The van der Waals surface area contributed by atoms with E-state index in [1.54, 1.807) is 10.9 Å². The number of pyridine rings is 1. The maximum absolute atomic E-state index is 12.9. The van der Waals surface area contributed by atoms with Crippen LogP contribution in [0.2, 0.25) is 0 Å². The molecule has 24 heavy (non-hydrogen) atoms. The van der Waals surface area contributed by atoms with E-state index in [0.29, 0.717) is 6.54 Å². The lowest BCUT2D eigenvalue weighted by atomic mass is 10.2. The normalized spacial score (nSPS) is 12.2. The van der Waals surface area contributed by atoms with Gasteiger partial charge >= 0.3 is 6.18 Å². The Hall–Kier alpha value is -2.42. The van der Waals surface area contributed by atoms with E-state index in [0.717, 1.165) is 28.5 Å². The Morgan fingerprint density at radius 3 is 2.58 bits per heavy atom. The van der Waals surface area contributed by atoms with Crippen LogP contribution in [-0.4, -0.2) is 24.5 Å². The molecule has 1 N–H and O–H groups in total. The van der Waals surface area contributed by atoms with Gasteiger partial charge in [-0.15, -0.1) is 0 Å². The SMILES string of the molecule is Cc1nn(C)c2ncc(CNCc3c(C(F)(F)F)cnn3C)cc12. The lowest BCUT2D eigenvalue weighted by Gasteiger charge is -2.10. The summed E-state index contributed by atoms with van der Waals surface area (Å²) in [7, 11) is 3.32. The van der Waals surface area contributed by atoms with Crippen LogP contribution in [0.5, 0.6) is 0 Å². The first kappa shape index (κ1) is 16.4. The van der Waals surface area contributed by atoms with Crippen molar-refractivity contribution in [3.8, 4) is 0 Å². The van der Waals surface area contributed by atoms with Crippen LogP contribution in [0.1, 0.15) is 22.5 Å². The molecule has 0 fully saturated rings. The number of aryl methyl sites for hydroxylation is 3. The minimum Gasteiger partial charge on any atom is -0.307 e. The number of halogens is 3. The van der Waals surface area contributed by atoms with Gasteiger partial charge in [0.1, 0.15) is 0 Å². The van der Waals surface area contributed by atoms with Gasteiger partial charge in [-0.2, -0.15) is 23.4 Å². The van der Waals surface area contributed by atoms with Gasteiger partial charge in [0.15, 0.2) is 5.65 Å². The van der Waals surface area contributed by atoms with E-state index in [1.807, 2.05) is 20.0 Å². The van der Waals surface area contributed by atoms with Crippen molar-refractivity contribution in [1.29, 1.82) is 0 Å². The predicted octanol–water partition coefficient (Wildman–Crippen LogP) is 2.32. The van der Waals surface area contributed by atoms with Crippen molar-refractivity contribution in [2.45, 2.75) is 26.2 Å². The largest absolute Gasteiger partial charge is 0.419 e. The Morgan fingerprint density at radius 1 is 1.12 bits per heavy atom. The van der Waals surface area contributed by atoms with Gasteiger partial charge in [-0.1, -0.05) is 0 Å². The third kappa shape index (κ3) is 2.99. The fourth-order valence-electron chi connectivity index (χ4n) is 2.68. The predicted molar refractivity (Wildman–Crippen MR) is 82.0 cm³/mol. The summed E-state index contributed by atoms with van der Waals surface area (Å²) in [6, 6.07) is 1.95. The summed E-state index contributed by atoms with van der Waals surface area (Å²) in [6.07, 6.45) is -1.85. The van der Waals surface area contributed by atoms with Crippen LogP contribution < -0.4 is 5.32 Å². The number of hydrogen-bond donors (Lipinski definition) is 1. The molecule has 6 nitrogen and oxygen atoms in total. The Morgan fingerprint density at radius 2 is 1.88 bits per heavy atom. The van der Waals surface area contributed by atoms with Crippen LogP contribution in [0.4, 0.5) is 13.2 Å². The molecule has 3 aromatic heterocycles. The smallest absolute Gasteiger partial charge is 0.307 e. The van der Waals surface area contributed by atoms with E-state index in [2.05, 4.69) is 20.5 Å². The molecule has 3 aromatic rings. The van der Waals surface area contributed by atoms with Crippen molar-refractivity contribution in [1.82, 2.24) is 29.9 Å². The quantitative estimate of drug-likeness (QED) is 0.793. The van der Waals surface area contributed by atoms with Gasteiger partial charge in [0.2, 0.25) is 0 Å². The molecule has 0 saturated carbocycles. The molecule has 9 heteroatoms. The highest BCUT2D eigenvalue weighted by Crippen LogP contribution is 2.31. The molecule has 0 aliphatic rings. The molecule has 0 atom stereocenters. The molecule has 3 heterocycles. The zero-order valence-corrected chi connectivity index (χ0v) is 13.5. The van der Waals surface area contributed by atoms with Crippen LogP contribution in [0.25, 0.3) is 11.0 Å². The number of nitrogens with zero attached hydrogens (tertiary/aromatic N) is 5. The molecule has 0 aliphatic carbocycles. The van der Waals surface area contributed by atoms with Gasteiger partial charge in [0.25, 0.3) is 0 Å². The van der Waals surface area contributed by atoms with Gasteiger partial charge in [-0.25, -0.2) is 4.98 Å². The average molecular weight is 338 g/mol. The summed E-state index contributed by atoms with van der Waals surface area (Å²) >= 11 is 0. The minimum atomic E-state index is -4.40. The highest BCUT2D eigenvalue weighted by molar-refractivity contribution is 5.78.